The molecule has 0 fully saturated rings. The SMILES string of the molecule is c1ccc(-c2cc(-c3ccccc3)cc(-c3nc(-c4ccccc4)nc(-c4cc(-c5ccccc5)c(-n5c6ccccc6c6ccccc65)c(-c5ccccc5)c4)n3)c2)cc1. The van der Waals surface area contributed by atoms with Gasteiger partial charge in [0.15, 0.2) is 17.5 Å². The highest BCUT2D eigenvalue weighted by molar-refractivity contribution is 6.10. The van der Waals surface area contributed by atoms with E-state index >= 15 is 0 Å². The molecule has 0 atom stereocenters. The zero-order valence-corrected chi connectivity index (χ0v) is 33.2. The van der Waals surface area contributed by atoms with Gasteiger partial charge < -0.3 is 4.57 Å². The van der Waals surface area contributed by atoms with Crippen molar-refractivity contribution in [3.05, 3.63) is 231 Å². The minimum absolute atomic E-state index is 0.596. The minimum Gasteiger partial charge on any atom is -0.308 e. The first-order valence-corrected chi connectivity index (χ1v) is 20.6. The van der Waals surface area contributed by atoms with Crippen LogP contribution in [0.25, 0.3) is 106 Å². The molecule has 0 N–H and O–H groups in total. The highest BCUT2D eigenvalue weighted by Gasteiger charge is 2.23. The van der Waals surface area contributed by atoms with Crippen molar-refractivity contribution in [2.45, 2.75) is 0 Å². The quantitative estimate of drug-likeness (QED) is 0.154. The van der Waals surface area contributed by atoms with Crippen LogP contribution in [-0.4, -0.2) is 19.5 Å². The third kappa shape index (κ3) is 6.76. The van der Waals surface area contributed by atoms with Crippen molar-refractivity contribution >= 4 is 21.8 Å². The molecule has 9 aromatic carbocycles. The second kappa shape index (κ2) is 15.5. The van der Waals surface area contributed by atoms with Crippen LogP contribution in [0.15, 0.2) is 231 Å². The lowest BCUT2D eigenvalue weighted by atomic mass is 9.92. The van der Waals surface area contributed by atoms with Crippen LogP contribution < -0.4 is 0 Å². The number of rotatable bonds is 8. The van der Waals surface area contributed by atoms with Crippen LogP contribution in [0.4, 0.5) is 0 Å². The molecule has 0 saturated carbocycles. The molecule has 286 valence electrons. The van der Waals surface area contributed by atoms with Gasteiger partial charge in [0.2, 0.25) is 0 Å². The van der Waals surface area contributed by atoms with Gasteiger partial charge >= 0.3 is 0 Å². The Morgan fingerprint density at radius 3 is 0.984 bits per heavy atom. The Morgan fingerprint density at radius 1 is 0.246 bits per heavy atom. The van der Waals surface area contributed by atoms with Crippen LogP contribution in [0.5, 0.6) is 0 Å². The summed E-state index contributed by atoms with van der Waals surface area (Å²) in [6.07, 6.45) is 0. The predicted octanol–water partition coefficient (Wildman–Crippen LogP) is 14.6. The predicted molar refractivity (Wildman–Crippen MR) is 252 cm³/mol. The van der Waals surface area contributed by atoms with Gasteiger partial charge in [-0.15, -0.1) is 0 Å². The Labute approximate surface area is 354 Å². The fourth-order valence-corrected chi connectivity index (χ4v) is 8.55. The summed E-state index contributed by atoms with van der Waals surface area (Å²) in [5, 5.41) is 2.42. The molecule has 11 rings (SSSR count). The molecular weight excluding hydrogens is 741 g/mol. The minimum atomic E-state index is 0.596. The number of nitrogens with zero attached hydrogens (tertiary/aromatic N) is 4. The van der Waals surface area contributed by atoms with Crippen molar-refractivity contribution in [3.8, 4) is 84.4 Å². The molecular formula is C57H38N4. The maximum absolute atomic E-state index is 5.40. The first-order chi connectivity index (χ1) is 30.2. The molecule has 0 amide bonds. The summed E-state index contributed by atoms with van der Waals surface area (Å²) in [6.45, 7) is 0. The van der Waals surface area contributed by atoms with Gasteiger partial charge in [-0.25, -0.2) is 15.0 Å². The van der Waals surface area contributed by atoms with Crippen molar-refractivity contribution in [2.75, 3.05) is 0 Å². The summed E-state index contributed by atoms with van der Waals surface area (Å²) in [4.78, 5) is 15.9. The summed E-state index contributed by atoms with van der Waals surface area (Å²) in [6, 6.07) is 81.2. The first-order valence-electron chi connectivity index (χ1n) is 20.6. The molecule has 0 aliphatic carbocycles. The van der Waals surface area contributed by atoms with Gasteiger partial charge in [0.25, 0.3) is 0 Å². The van der Waals surface area contributed by atoms with E-state index in [4.69, 9.17) is 15.0 Å². The third-order valence-corrected chi connectivity index (χ3v) is 11.4. The van der Waals surface area contributed by atoms with Crippen molar-refractivity contribution in [2.24, 2.45) is 0 Å². The number of benzene rings is 9. The van der Waals surface area contributed by atoms with Gasteiger partial charge in [-0.1, -0.05) is 188 Å². The summed E-state index contributed by atoms with van der Waals surface area (Å²) in [5.41, 5.74) is 14.9. The smallest absolute Gasteiger partial charge is 0.164 e. The maximum atomic E-state index is 5.40. The topological polar surface area (TPSA) is 43.6 Å². The maximum Gasteiger partial charge on any atom is 0.164 e. The molecule has 4 nitrogen and oxygen atoms in total. The molecule has 2 heterocycles. The molecule has 0 aliphatic rings. The van der Waals surface area contributed by atoms with E-state index in [0.29, 0.717) is 17.5 Å². The highest BCUT2D eigenvalue weighted by Crippen LogP contribution is 2.44. The van der Waals surface area contributed by atoms with Crippen LogP contribution >= 0.6 is 0 Å². The van der Waals surface area contributed by atoms with E-state index in [2.05, 4.69) is 217 Å². The average Bonchev–Trinajstić information content (AvgIpc) is 3.68. The zero-order valence-electron chi connectivity index (χ0n) is 33.2. The second-order valence-electron chi connectivity index (χ2n) is 15.2. The van der Waals surface area contributed by atoms with E-state index in [-0.39, 0.29) is 0 Å². The van der Waals surface area contributed by atoms with Crippen molar-refractivity contribution < 1.29 is 0 Å². The molecule has 4 heteroatoms. The summed E-state index contributed by atoms with van der Waals surface area (Å²) >= 11 is 0. The molecule has 0 radical (unpaired) electrons. The summed E-state index contributed by atoms with van der Waals surface area (Å²) in [5.74, 6) is 1.81. The fourth-order valence-electron chi connectivity index (χ4n) is 8.55. The Morgan fingerprint density at radius 2 is 0.557 bits per heavy atom. The number of fused-ring (bicyclic) bond motifs is 3. The average molecular weight is 779 g/mol. The van der Waals surface area contributed by atoms with Crippen LogP contribution in [0.1, 0.15) is 0 Å². The Hall–Kier alpha value is -8.21. The molecule has 0 unspecified atom stereocenters. The van der Waals surface area contributed by atoms with Gasteiger partial charge in [-0.05, 0) is 75.8 Å². The van der Waals surface area contributed by atoms with Gasteiger partial charge in [0.05, 0.1) is 16.7 Å². The van der Waals surface area contributed by atoms with Crippen LogP contribution in [0.2, 0.25) is 0 Å². The Bertz CT molecular complexity index is 3150. The monoisotopic (exact) mass is 778 g/mol. The number of aromatic nitrogens is 4. The van der Waals surface area contributed by atoms with Crippen molar-refractivity contribution in [3.63, 3.8) is 0 Å². The van der Waals surface area contributed by atoms with Gasteiger partial charge in [-0.3, -0.25) is 0 Å². The molecule has 11 aromatic rings. The van der Waals surface area contributed by atoms with Crippen LogP contribution in [0.3, 0.4) is 0 Å². The summed E-state index contributed by atoms with van der Waals surface area (Å²) in [7, 11) is 0. The van der Waals surface area contributed by atoms with E-state index < -0.39 is 0 Å². The van der Waals surface area contributed by atoms with Gasteiger partial charge in [0.1, 0.15) is 0 Å². The molecule has 0 saturated heterocycles. The third-order valence-electron chi connectivity index (χ3n) is 11.4. The van der Waals surface area contributed by atoms with Crippen molar-refractivity contribution in [1.82, 2.24) is 19.5 Å². The standard InChI is InChI=1S/C57H38N4/c1-6-20-39(21-7-1)44-34-45(40-22-8-2-9-23-40)36-46(35-44)56-58-55(43-28-14-5-15-29-43)59-57(60-56)47-37-50(41-24-10-3-11-25-41)54(51(38-47)42-26-12-4-13-27-42)61-52-32-18-16-30-48(52)49-31-17-19-33-53(49)61/h1-38H. The molecule has 2 aromatic heterocycles. The lowest BCUT2D eigenvalue weighted by Crippen LogP contribution is -2.04. The molecule has 0 spiro atoms. The van der Waals surface area contributed by atoms with Crippen LogP contribution in [-0.2, 0) is 0 Å². The lowest BCUT2D eigenvalue weighted by Gasteiger charge is -2.21. The van der Waals surface area contributed by atoms with Crippen LogP contribution in [0, 0.1) is 0 Å². The van der Waals surface area contributed by atoms with E-state index in [1.807, 2.05) is 18.2 Å². The molecule has 61 heavy (non-hydrogen) atoms. The largest absolute Gasteiger partial charge is 0.308 e. The lowest BCUT2D eigenvalue weighted by molar-refractivity contribution is 1.07. The summed E-state index contributed by atoms with van der Waals surface area (Å²) < 4.78 is 2.44. The van der Waals surface area contributed by atoms with E-state index in [1.165, 1.54) is 10.8 Å². The van der Waals surface area contributed by atoms with E-state index in [0.717, 1.165) is 77.9 Å². The first kappa shape index (κ1) is 35.9. The van der Waals surface area contributed by atoms with Gasteiger partial charge in [0, 0.05) is 38.6 Å². The zero-order chi connectivity index (χ0) is 40.5. The number of para-hydroxylation sites is 2. The molecule has 0 bridgehead atoms. The number of hydrogen-bond acceptors (Lipinski definition) is 3. The Balaban J connectivity index is 1.21. The van der Waals surface area contributed by atoms with E-state index in [1.54, 1.807) is 0 Å². The number of hydrogen-bond donors (Lipinski definition) is 0. The van der Waals surface area contributed by atoms with Crippen molar-refractivity contribution in [1.29, 1.82) is 0 Å². The highest BCUT2D eigenvalue weighted by atomic mass is 15.0. The van der Waals surface area contributed by atoms with E-state index in [9.17, 15) is 0 Å². The molecule has 0 aliphatic heterocycles. The second-order valence-corrected chi connectivity index (χ2v) is 15.2. The van der Waals surface area contributed by atoms with Gasteiger partial charge in [-0.2, -0.15) is 0 Å². The Kier molecular flexibility index (Phi) is 9.14. The fraction of sp³-hybridized carbons (Fsp3) is 0. The normalized spacial score (nSPS) is 11.3.